The van der Waals surface area contributed by atoms with Crippen molar-refractivity contribution in [3.05, 3.63) is 36.4 Å². The Morgan fingerprint density at radius 3 is 1.58 bits per heavy atom. The molecule has 0 spiro atoms. The molecule has 0 bridgehead atoms. The summed E-state index contributed by atoms with van der Waals surface area (Å²) in [6.45, 7) is 5.67. The first kappa shape index (κ1) is 14.3. The molecule has 0 aliphatic carbocycles. The summed E-state index contributed by atoms with van der Waals surface area (Å²) in [5.74, 6) is 0. The van der Waals surface area contributed by atoms with E-state index in [1.54, 1.807) is 0 Å². The van der Waals surface area contributed by atoms with Gasteiger partial charge in [-0.1, -0.05) is 0 Å². The van der Waals surface area contributed by atoms with Gasteiger partial charge in [-0.25, -0.2) is 0 Å². The summed E-state index contributed by atoms with van der Waals surface area (Å²) >= 11 is 0. The second kappa shape index (κ2) is 13.4. The van der Waals surface area contributed by atoms with E-state index in [0.29, 0.717) is 0 Å². The van der Waals surface area contributed by atoms with Crippen LogP contribution in [0, 0.1) is 6.07 Å². The third-order valence-corrected chi connectivity index (χ3v) is 1.02. The summed E-state index contributed by atoms with van der Waals surface area (Å²) in [7, 11) is 0. The van der Waals surface area contributed by atoms with Crippen molar-refractivity contribution in [1.82, 2.24) is 0 Å². The van der Waals surface area contributed by atoms with Crippen LogP contribution in [0.25, 0.3) is 0 Å². The predicted octanol–water partition coefficient (Wildman–Crippen LogP) is -0.466. The van der Waals surface area contributed by atoms with Crippen LogP contribution in [0.15, 0.2) is 30.3 Å². The summed E-state index contributed by atoms with van der Waals surface area (Å²) in [6, 6.07) is 12.5. The number of hydrogen-bond acceptors (Lipinski definition) is 1. The molecule has 2 heteroatoms. The maximum absolute atomic E-state index is 4.83. The van der Waals surface area contributed by atoms with E-state index < -0.39 is 0 Å². The fourth-order valence-electron chi connectivity index (χ4n) is 0.546. The molecule has 1 aromatic rings. The predicted molar refractivity (Wildman–Crippen MR) is 47.4 cm³/mol. The quantitative estimate of drug-likeness (QED) is 0.418. The standard InChI is InChI=1S/C6H5.C4H10O.Li/c1-2-4-6-5-3-1;1-3-5-4-2;/h1-5H;3-4H2,1-2H3;/q-1;;+1. The molecule has 0 saturated heterocycles. The molecule has 0 heterocycles. The molecular weight excluding hydrogens is 143 g/mol. The van der Waals surface area contributed by atoms with Crippen molar-refractivity contribution in [2.24, 2.45) is 0 Å². The van der Waals surface area contributed by atoms with Gasteiger partial charge in [0.2, 0.25) is 0 Å². The molecule has 0 aromatic heterocycles. The maximum Gasteiger partial charge on any atom is 1.00 e. The van der Waals surface area contributed by atoms with E-state index in [-0.39, 0.29) is 18.9 Å². The molecule has 1 nitrogen and oxygen atoms in total. The number of hydrogen-bond donors (Lipinski definition) is 0. The summed E-state index contributed by atoms with van der Waals surface area (Å²) < 4.78 is 4.83. The van der Waals surface area contributed by atoms with Crippen LogP contribution in [-0.2, 0) is 4.74 Å². The summed E-state index contributed by atoms with van der Waals surface area (Å²) in [5, 5.41) is 0. The molecule has 0 radical (unpaired) electrons. The second-order valence-electron chi connectivity index (χ2n) is 1.86. The smallest absolute Gasteiger partial charge is 0.382 e. The van der Waals surface area contributed by atoms with E-state index in [1.165, 1.54) is 0 Å². The number of benzene rings is 1. The molecule has 0 amide bonds. The summed E-state index contributed by atoms with van der Waals surface area (Å²) in [6.07, 6.45) is 0. The minimum absolute atomic E-state index is 0. The topological polar surface area (TPSA) is 9.23 Å². The van der Waals surface area contributed by atoms with Gasteiger partial charge in [0.1, 0.15) is 0 Å². The normalized spacial score (nSPS) is 7.50. The molecule has 0 saturated carbocycles. The molecule has 12 heavy (non-hydrogen) atoms. The average Bonchev–Trinajstić information content (AvgIpc) is 2.10. The zero-order valence-electron chi connectivity index (χ0n) is 8.21. The molecule has 0 atom stereocenters. The van der Waals surface area contributed by atoms with Gasteiger partial charge < -0.3 is 4.74 Å². The zero-order chi connectivity index (χ0) is 8.36. The van der Waals surface area contributed by atoms with E-state index in [1.807, 2.05) is 44.2 Å². The average molecular weight is 158 g/mol. The minimum atomic E-state index is 0. The molecule has 0 aliphatic rings. The van der Waals surface area contributed by atoms with E-state index in [9.17, 15) is 0 Å². The summed E-state index contributed by atoms with van der Waals surface area (Å²) in [5.41, 5.74) is 0. The Kier molecular flexibility index (Phi) is 15.9. The molecule has 1 aromatic carbocycles. The van der Waals surface area contributed by atoms with Crippen LogP contribution < -0.4 is 18.9 Å². The molecule has 0 fully saturated rings. The van der Waals surface area contributed by atoms with Gasteiger partial charge in [-0.05, 0) is 13.8 Å². The van der Waals surface area contributed by atoms with Gasteiger partial charge >= 0.3 is 18.9 Å². The van der Waals surface area contributed by atoms with Crippen molar-refractivity contribution in [3.8, 4) is 0 Å². The molecule has 0 N–H and O–H groups in total. The second-order valence-corrected chi connectivity index (χ2v) is 1.86. The van der Waals surface area contributed by atoms with Crippen LogP contribution in [0.2, 0.25) is 0 Å². The minimum Gasteiger partial charge on any atom is -0.382 e. The van der Waals surface area contributed by atoms with Gasteiger partial charge in [-0.15, -0.1) is 0 Å². The van der Waals surface area contributed by atoms with Crippen LogP contribution in [0.3, 0.4) is 0 Å². The van der Waals surface area contributed by atoms with E-state index in [0.717, 1.165) is 13.2 Å². The summed E-state index contributed by atoms with van der Waals surface area (Å²) in [4.78, 5) is 0. The Labute approximate surface area is 87.3 Å². The monoisotopic (exact) mass is 158 g/mol. The number of ether oxygens (including phenoxy) is 1. The Bertz CT molecular complexity index is 113. The maximum atomic E-state index is 4.83. The van der Waals surface area contributed by atoms with Crippen molar-refractivity contribution in [2.75, 3.05) is 13.2 Å². The van der Waals surface area contributed by atoms with Crippen LogP contribution >= 0.6 is 0 Å². The third-order valence-electron chi connectivity index (χ3n) is 1.02. The van der Waals surface area contributed by atoms with Gasteiger partial charge in [0.05, 0.1) is 0 Å². The number of rotatable bonds is 2. The van der Waals surface area contributed by atoms with Crippen molar-refractivity contribution in [1.29, 1.82) is 0 Å². The first-order valence-electron chi connectivity index (χ1n) is 3.90. The third kappa shape index (κ3) is 12.5. The fourth-order valence-corrected chi connectivity index (χ4v) is 0.546. The fraction of sp³-hybridized carbons (Fsp3) is 0.400. The molecule has 62 valence electrons. The largest absolute Gasteiger partial charge is 1.00 e. The molecule has 1 rings (SSSR count). The van der Waals surface area contributed by atoms with E-state index in [4.69, 9.17) is 4.74 Å². The first-order valence-corrected chi connectivity index (χ1v) is 3.90. The van der Waals surface area contributed by atoms with Gasteiger partial charge in [-0.3, -0.25) is 0 Å². The molecule has 0 aliphatic heterocycles. The Morgan fingerprint density at radius 1 is 1.00 bits per heavy atom. The van der Waals surface area contributed by atoms with Crippen LogP contribution in [0.4, 0.5) is 0 Å². The molecule has 0 unspecified atom stereocenters. The van der Waals surface area contributed by atoms with Crippen LogP contribution in [0.5, 0.6) is 0 Å². The van der Waals surface area contributed by atoms with Gasteiger partial charge in [0.15, 0.2) is 0 Å². The molecular formula is C10H15LiO. The van der Waals surface area contributed by atoms with Crippen molar-refractivity contribution < 1.29 is 23.6 Å². The van der Waals surface area contributed by atoms with E-state index >= 15 is 0 Å². The Hall–Kier alpha value is -0.223. The van der Waals surface area contributed by atoms with Crippen molar-refractivity contribution in [2.45, 2.75) is 13.8 Å². The first-order chi connectivity index (χ1) is 5.41. The SMILES string of the molecule is CCOCC.[Li+].[c-]1ccccc1. The van der Waals surface area contributed by atoms with Crippen molar-refractivity contribution >= 4 is 0 Å². The van der Waals surface area contributed by atoms with Crippen molar-refractivity contribution in [3.63, 3.8) is 0 Å². The van der Waals surface area contributed by atoms with Gasteiger partial charge in [0, 0.05) is 13.2 Å². The van der Waals surface area contributed by atoms with Gasteiger partial charge in [-0.2, -0.15) is 36.4 Å². The van der Waals surface area contributed by atoms with Gasteiger partial charge in [0.25, 0.3) is 0 Å². The van der Waals surface area contributed by atoms with E-state index in [2.05, 4.69) is 6.07 Å². The Morgan fingerprint density at radius 2 is 1.50 bits per heavy atom. The van der Waals surface area contributed by atoms with Crippen LogP contribution in [0.1, 0.15) is 13.8 Å². The Balaban J connectivity index is 0. The zero-order valence-corrected chi connectivity index (χ0v) is 8.21. The van der Waals surface area contributed by atoms with Crippen LogP contribution in [-0.4, -0.2) is 13.2 Å².